The third kappa shape index (κ3) is 1.68. The van der Waals surface area contributed by atoms with Gasteiger partial charge in [-0.2, -0.15) is 0 Å². The summed E-state index contributed by atoms with van der Waals surface area (Å²) in [5, 5.41) is 8.42. The van der Waals surface area contributed by atoms with Crippen molar-refractivity contribution >= 4 is 6.41 Å². The molecule has 1 aromatic heterocycles. The molecule has 0 radical (unpaired) electrons. The Morgan fingerprint density at radius 1 is 1.28 bits per heavy atom. The van der Waals surface area contributed by atoms with Crippen LogP contribution in [0.1, 0.15) is 12.7 Å². The fourth-order valence-electron chi connectivity index (χ4n) is 2.27. The van der Waals surface area contributed by atoms with E-state index in [9.17, 15) is 4.79 Å². The molecule has 2 heterocycles. The van der Waals surface area contributed by atoms with Crippen molar-refractivity contribution in [2.24, 2.45) is 0 Å². The first-order valence-corrected chi connectivity index (χ1v) is 5.98. The molecule has 5 nitrogen and oxygen atoms in total. The quantitative estimate of drug-likeness (QED) is 0.746. The predicted octanol–water partition coefficient (Wildman–Crippen LogP) is 1.31. The van der Waals surface area contributed by atoms with Crippen molar-refractivity contribution in [3.8, 4) is 11.4 Å². The van der Waals surface area contributed by atoms with Crippen LogP contribution >= 0.6 is 0 Å². The van der Waals surface area contributed by atoms with Crippen molar-refractivity contribution in [3.63, 3.8) is 0 Å². The molecule has 18 heavy (non-hydrogen) atoms. The number of carbonyl (C=O) groups is 1. The topological polar surface area (TPSA) is 51.0 Å². The minimum Gasteiger partial charge on any atom is -0.333 e. The van der Waals surface area contributed by atoms with Crippen molar-refractivity contribution in [1.82, 2.24) is 19.7 Å². The molecule has 1 aliphatic rings. The van der Waals surface area contributed by atoms with Gasteiger partial charge in [0.1, 0.15) is 0 Å². The van der Waals surface area contributed by atoms with E-state index < -0.39 is 0 Å². The van der Waals surface area contributed by atoms with E-state index in [1.54, 1.807) is 4.90 Å². The van der Waals surface area contributed by atoms with Crippen molar-refractivity contribution < 1.29 is 4.79 Å². The Labute approximate surface area is 105 Å². The second-order valence-electron chi connectivity index (χ2n) is 4.54. The number of benzene rings is 1. The maximum absolute atomic E-state index is 10.9. The Balaban J connectivity index is 2.02. The molecule has 0 spiro atoms. The van der Waals surface area contributed by atoms with E-state index in [-0.39, 0.29) is 6.04 Å². The van der Waals surface area contributed by atoms with E-state index in [0.717, 1.165) is 30.2 Å². The summed E-state index contributed by atoms with van der Waals surface area (Å²) in [6.07, 6.45) is 0.880. The van der Waals surface area contributed by atoms with Gasteiger partial charge >= 0.3 is 0 Å². The molecule has 0 fully saturated rings. The Kier molecular flexibility index (Phi) is 2.59. The molecule has 2 aromatic rings. The Bertz CT molecular complexity index is 564. The number of aromatic nitrogens is 3. The van der Waals surface area contributed by atoms with Crippen LogP contribution in [0.2, 0.25) is 0 Å². The van der Waals surface area contributed by atoms with Crippen LogP contribution in [-0.4, -0.2) is 32.1 Å². The number of fused-ring (bicyclic) bond motifs is 1. The average molecular weight is 242 g/mol. The first-order chi connectivity index (χ1) is 8.79. The van der Waals surface area contributed by atoms with E-state index in [4.69, 9.17) is 0 Å². The molecule has 1 aromatic carbocycles. The van der Waals surface area contributed by atoms with Gasteiger partial charge in [0.15, 0.2) is 11.6 Å². The first kappa shape index (κ1) is 11.0. The summed E-state index contributed by atoms with van der Waals surface area (Å²) >= 11 is 0. The van der Waals surface area contributed by atoms with Crippen molar-refractivity contribution in [3.05, 3.63) is 36.2 Å². The maximum Gasteiger partial charge on any atom is 0.210 e. The van der Waals surface area contributed by atoms with Gasteiger partial charge in [-0.05, 0) is 6.92 Å². The predicted molar refractivity (Wildman–Crippen MR) is 66.5 cm³/mol. The highest BCUT2D eigenvalue weighted by molar-refractivity contribution is 5.55. The van der Waals surface area contributed by atoms with E-state index in [0.29, 0.717) is 6.54 Å². The molecule has 1 aliphatic heterocycles. The number of hydrogen-bond acceptors (Lipinski definition) is 3. The van der Waals surface area contributed by atoms with Crippen LogP contribution in [0.4, 0.5) is 0 Å². The minimum absolute atomic E-state index is 0.175. The van der Waals surface area contributed by atoms with Crippen molar-refractivity contribution in [2.75, 3.05) is 0 Å². The third-order valence-electron chi connectivity index (χ3n) is 3.33. The zero-order chi connectivity index (χ0) is 12.5. The van der Waals surface area contributed by atoms with Gasteiger partial charge in [0.2, 0.25) is 6.41 Å². The lowest BCUT2D eigenvalue weighted by Gasteiger charge is -2.30. The van der Waals surface area contributed by atoms with Crippen molar-refractivity contribution in [2.45, 2.75) is 26.1 Å². The maximum atomic E-state index is 10.9. The molecule has 0 bridgehead atoms. The largest absolute Gasteiger partial charge is 0.333 e. The van der Waals surface area contributed by atoms with Crippen LogP contribution < -0.4 is 0 Å². The van der Waals surface area contributed by atoms with Gasteiger partial charge in [-0.15, -0.1) is 10.2 Å². The molecular formula is C13H14N4O. The molecule has 0 N–H and O–H groups in total. The summed E-state index contributed by atoms with van der Waals surface area (Å²) in [7, 11) is 0. The second-order valence-corrected chi connectivity index (χ2v) is 4.54. The molecule has 92 valence electrons. The summed E-state index contributed by atoms with van der Waals surface area (Å²) in [6.45, 7) is 3.31. The van der Waals surface area contributed by atoms with Gasteiger partial charge in [0.25, 0.3) is 0 Å². The zero-order valence-corrected chi connectivity index (χ0v) is 10.2. The van der Waals surface area contributed by atoms with Gasteiger partial charge in [-0.3, -0.25) is 4.79 Å². The standard InChI is InChI=1S/C13H14N4O/c1-10-7-17-12(8-16(10)9-18)14-15-13(17)11-5-3-2-4-6-11/h2-6,9-10H,7-8H2,1H3. The van der Waals surface area contributed by atoms with E-state index >= 15 is 0 Å². The van der Waals surface area contributed by atoms with Crippen LogP contribution in [-0.2, 0) is 17.9 Å². The monoisotopic (exact) mass is 242 g/mol. The Morgan fingerprint density at radius 3 is 2.78 bits per heavy atom. The molecule has 1 amide bonds. The van der Waals surface area contributed by atoms with Crippen molar-refractivity contribution in [1.29, 1.82) is 0 Å². The smallest absolute Gasteiger partial charge is 0.210 e. The SMILES string of the molecule is CC1Cn2c(nnc2-c2ccccc2)CN1C=O. The summed E-state index contributed by atoms with van der Waals surface area (Å²) in [6, 6.07) is 10.2. The van der Waals surface area contributed by atoms with Crippen LogP contribution in [0.25, 0.3) is 11.4 Å². The highest BCUT2D eigenvalue weighted by Crippen LogP contribution is 2.23. The molecule has 1 atom stereocenters. The highest BCUT2D eigenvalue weighted by Gasteiger charge is 2.25. The molecule has 3 rings (SSSR count). The van der Waals surface area contributed by atoms with E-state index in [2.05, 4.69) is 14.8 Å². The van der Waals surface area contributed by atoms with E-state index in [1.165, 1.54) is 0 Å². The van der Waals surface area contributed by atoms with E-state index in [1.807, 2.05) is 37.3 Å². The molecule has 0 aliphatic carbocycles. The Morgan fingerprint density at radius 2 is 2.06 bits per heavy atom. The first-order valence-electron chi connectivity index (χ1n) is 5.98. The van der Waals surface area contributed by atoms with Crippen LogP contribution in [0.3, 0.4) is 0 Å². The van der Waals surface area contributed by atoms with Crippen LogP contribution in [0.15, 0.2) is 30.3 Å². The van der Waals surface area contributed by atoms with Crippen LogP contribution in [0.5, 0.6) is 0 Å². The molecule has 0 saturated heterocycles. The lowest BCUT2D eigenvalue weighted by atomic mass is 10.2. The second kappa shape index (κ2) is 4.25. The summed E-state index contributed by atoms with van der Waals surface area (Å²) < 4.78 is 2.10. The van der Waals surface area contributed by atoms with Gasteiger partial charge < -0.3 is 9.47 Å². The number of hydrogen-bond donors (Lipinski definition) is 0. The van der Waals surface area contributed by atoms with Gasteiger partial charge in [0.05, 0.1) is 6.54 Å². The Hall–Kier alpha value is -2.17. The average Bonchev–Trinajstić information content (AvgIpc) is 2.81. The van der Waals surface area contributed by atoms with Gasteiger partial charge in [-0.25, -0.2) is 0 Å². The summed E-state index contributed by atoms with van der Waals surface area (Å²) in [5.41, 5.74) is 1.06. The number of rotatable bonds is 2. The normalized spacial score (nSPS) is 18.5. The highest BCUT2D eigenvalue weighted by atomic mass is 16.1. The zero-order valence-electron chi connectivity index (χ0n) is 10.2. The molecule has 5 heteroatoms. The van der Waals surface area contributed by atoms with Gasteiger partial charge in [-0.1, -0.05) is 30.3 Å². The van der Waals surface area contributed by atoms with Gasteiger partial charge in [0, 0.05) is 18.2 Å². The number of nitrogens with zero attached hydrogens (tertiary/aromatic N) is 4. The lowest BCUT2D eigenvalue weighted by molar-refractivity contribution is -0.121. The number of amides is 1. The summed E-state index contributed by atoms with van der Waals surface area (Å²) in [4.78, 5) is 12.7. The summed E-state index contributed by atoms with van der Waals surface area (Å²) in [5.74, 6) is 1.72. The fourth-order valence-corrected chi connectivity index (χ4v) is 2.27. The molecule has 0 saturated carbocycles. The fraction of sp³-hybridized carbons (Fsp3) is 0.308. The third-order valence-corrected chi connectivity index (χ3v) is 3.33. The number of carbonyl (C=O) groups excluding carboxylic acids is 1. The minimum atomic E-state index is 0.175. The van der Waals surface area contributed by atoms with Crippen LogP contribution in [0, 0.1) is 0 Å². The lowest BCUT2D eigenvalue weighted by Crippen LogP contribution is -2.40. The molecular weight excluding hydrogens is 228 g/mol. The molecule has 1 unspecified atom stereocenters.